The lowest BCUT2D eigenvalue weighted by atomic mass is 11.8. The third-order valence-corrected chi connectivity index (χ3v) is 28.9. The minimum absolute atomic E-state index is 0.366. The SMILES string of the molecule is C[Si](C)(CS(=O)(=O)O)[Si](C)(C)CS(=O)(=O)O. The Morgan fingerprint density at radius 2 is 0.938 bits per heavy atom. The molecule has 0 saturated carbocycles. The summed E-state index contributed by atoms with van der Waals surface area (Å²) in [5.41, 5.74) is 0. The van der Waals surface area contributed by atoms with Gasteiger partial charge in [-0.15, -0.1) is 0 Å². The first kappa shape index (κ1) is 16.3. The molecule has 0 radical (unpaired) electrons. The second kappa shape index (κ2) is 4.50. The Bertz CT molecular complexity index is 405. The molecular formula is C6H18O6S2Si2. The summed E-state index contributed by atoms with van der Waals surface area (Å²) in [4.78, 5) is 0. The van der Waals surface area contributed by atoms with Crippen LogP contribution in [0.3, 0.4) is 0 Å². The molecule has 0 unspecified atom stereocenters. The van der Waals surface area contributed by atoms with Crippen LogP contribution >= 0.6 is 0 Å². The average molecular weight is 307 g/mol. The highest BCUT2D eigenvalue weighted by Gasteiger charge is 2.46. The van der Waals surface area contributed by atoms with Crippen LogP contribution in [0, 0.1) is 0 Å². The Labute approximate surface area is 98.4 Å². The van der Waals surface area contributed by atoms with Crippen molar-refractivity contribution < 1.29 is 25.9 Å². The van der Waals surface area contributed by atoms with E-state index in [9.17, 15) is 16.8 Å². The van der Waals surface area contributed by atoms with Gasteiger partial charge in [0.25, 0.3) is 20.2 Å². The maximum atomic E-state index is 10.9. The van der Waals surface area contributed by atoms with Gasteiger partial charge in [-0.2, -0.15) is 16.8 Å². The summed E-state index contributed by atoms with van der Waals surface area (Å²) in [6.45, 7) is 6.88. The molecule has 98 valence electrons. The van der Waals surface area contributed by atoms with Crippen LogP contribution in [0.2, 0.25) is 26.2 Å². The van der Waals surface area contributed by atoms with Gasteiger partial charge in [0.15, 0.2) is 0 Å². The van der Waals surface area contributed by atoms with E-state index in [-0.39, 0.29) is 10.8 Å². The van der Waals surface area contributed by atoms with Crippen molar-refractivity contribution in [2.75, 3.05) is 10.8 Å². The van der Waals surface area contributed by atoms with Crippen LogP contribution in [0.15, 0.2) is 0 Å². The first-order valence-corrected chi connectivity index (χ1v) is 15.2. The van der Waals surface area contributed by atoms with Crippen molar-refractivity contribution in [3.05, 3.63) is 0 Å². The lowest BCUT2D eigenvalue weighted by molar-refractivity contribution is 0.485. The molecule has 0 rings (SSSR count). The summed E-state index contributed by atoms with van der Waals surface area (Å²) in [6, 6.07) is 0. The highest BCUT2D eigenvalue weighted by atomic mass is 32.2. The van der Waals surface area contributed by atoms with Crippen molar-refractivity contribution in [1.29, 1.82) is 0 Å². The lowest BCUT2D eigenvalue weighted by Crippen LogP contribution is -2.62. The molecule has 2 N–H and O–H groups in total. The van der Waals surface area contributed by atoms with E-state index in [0.717, 1.165) is 0 Å². The Hall–Kier alpha value is 0.254. The van der Waals surface area contributed by atoms with Gasteiger partial charge in [-0.05, 0) is 0 Å². The topological polar surface area (TPSA) is 109 Å². The molecule has 0 fully saturated rings. The van der Waals surface area contributed by atoms with Crippen LogP contribution in [0.25, 0.3) is 0 Å². The van der Waals surface area contributed by atoms with E-state index >= 15 is 0 Å². The second-order valence-electron chi connectivity index (χ2n) is 5.22. The van der Waals surface area contributed by atoms with Crippen molar-refractivity contribution in [3.63, 3.8) is 0 Å². The van der Waals surface area contributed by atoms with Crippen molar-refractivity contribution in [1.82, 2.24) is 0 Å². The van der Waals surface area contributed by atoms with Crippen molar-refractivity contribution in [2.45, 2.75) is 26.2 Å². The van der Waals surface area contributed by atoms with Crippen LogP contribution in [-0.2, 0) is 20.2 Å². The number of hydrogen-bond donors (Lipinski definition) is 2. The van der Waals surface area contributed by atoms with E-state index in [4.69, 9.17) is 9.11 Å². The molecule has 0 aromatic carbocycles. The summed E-state index contributed by atoms with van der Waals surface area (Å²) in [7, 11) is -13.0. The molecule has 6 nitrogen and oxygen atoms in total. The molecule has 0 atom stereocenters. The van der Waals surface area contributed by atoms with E-state index < -0.39 is 35.4 Å². The zero-order chi connectivity index (χ0) is 13.4. The molecule has 0 saturated heterocycles. The molecule has 0 aliphatic carbocycles. The summed E-state index contributed by atoms with van der Waals surface area (Å²) < 4.78 is 61.1. The number of hydrogen-bond acceptors (Lipinski definition) is 4. The van der Waals surface area contributed by atoms with Gasteiger partial charge >= 0.3 is 0 Å². The van der Waals surface area contributed by atoms with E-state index in [1.54, 1.807) is 26.2 Å². The monoisotopic (exact) mass is 306 g/mol. The fraction of sp³-hybridized carbons (Fsp3) is 1.00. The zero-order valence-corrected chi connectivity index (χ0v) is 13.4. The molecule has 0 aliphatic heterocycles. The van der Waals surface area contributed by atoms with E-state index in [1.807, 2.05) is 0 Å². The standard InChI is InChI=1S/C6H18O6S2Si2/c1-15(2,5-13(7,8)9)16(3,4)6-14(10,11)12/h5-6H2,1-4H3,(H,7,8,9)(H,10,11,12). The van der Waals surface area contributed by atoms with Crippen LogP contribution < -0.4 is 0 Å². The maximum absolute atomic E-state index is 10.9. The molecule has 10 heteroatoms. The molecule has 16 heavy (non-hydrogen) atoms. The second-order valence-corrected chi connectivity index (χ2v) is 25.5. The van der Waals surface area contributed by atoms with Gasteiger partial charge in [0.2, 0.25) is 0 Å². The van der Waals surface area contributed by atoms with Gasteiger partial charge in [0.1, 0.15) is 0 Å². The van der Waals surface area contributed by atoms with E-state index in [1.165, 1.54) is 0 Å². The zero-order valence-electron chi connectivity index (χ0n) is 9.76. The normalized spacial score (nSPS) is 15.1. The van der Waals surface area contributed by atoms with Gasteiger partial charge in [0.05, 0.1) is 25.9 Å². The van der Waals surface area contributed by atoms with Gasteiger partial charge in [0, 0.05) is 0 Å². The van der Waals surface area contributed by atoms with Gasteiger partial charge < -0.3 is 0 Å². The minimum atomic E-state index is -4.10. The lowest BCUT2D eigenvalue weighted by Gasteiger charge is -2.36. The Balaban J connectivity index is 5.14. The fourth-order valence-corrected chi connectivity index (χ4v) is 22.0. The predicted molar refractivity (Wildman–Crippen MR) is 67.8 cm³/mol. The molecule has 0 aromatic heterocycles. The molecule has 0 amide bonds. The molecular weight excluding hydrogens is 288 g/mol. The molecule has 0 spiro atoms. The number of rotatable bonds is 5. The molecule has 0 heterocycles. The summed E-state index contributed by atoms with van der Waals surface area (Å²) in [5.74, 6) is 0. The predicted octanol–water partition coefficient (Wildman–Crippen LogP) is 0.336. The first-order chi connectivity index (χ1) is 6.66. The first-order valence-electron chi connectivity index (χ1n) is 4.57. The van der Waals surface area contributed by atoms with Crippen molar-refractivity contribution >= 4 is 35.4 Å². The van der Waals surface area contributed by atoms with Crippen LogP contribution in [0.5, 0.6) is 0 Å². The van der Waals surface area contributed by atoms with Crippen LogP contribution in [0.4, 0.5) is 0 Å². The Kier molecular flexibility index (Phi) is 4.57. The van der Waals surface area contributed by atoms with Crippen LogP contribution in [-0.4, -0.2) is 51.9 Å². The van der Waals surface area contributed by atoms with Gasteiger partial charge in [-0.3, -0.25) is 9.11 Å². The fourth-order valence-electron chi connectivity index (χ4n) is 1.30. The van der Waals surface area contributed by atoms with Gasteiger partial charge in [-0.25, -0.2) is 0 Å². The smallest absolute Gasteiger partial charge is 0.262 e. The quantitative estimate of drug-likeness (QED) is 0.560. The Morgan fingerprint density at radius 1 is 0.750 bits per heavy atom. The molecule has 0 aromatic rings. The van der Waals surface area contributed by atoms with Crippen LogP contribution in [0.1, 0.15) is 0 Å². The summed E-state index contributed by atoms with van der Waals surface area (Å²) in [5, 5.41) is -0.733. The summed E-state index contributed by atoms with van der Waals surface area (Å²) in [6.07, 6.45) is 0. The highest BCUT2D eigenvalue weighted by Crippen LogP contribution is 2.22. The van der Waals surface area contributed by atoms with E-state index in [0.29, 0.717) is 0 Å². The summed E-state index contributed by atoms with van der Waals surface area (Å²) >= 11 is 0. The molecule has 0 bridgehead atoms. The van der Waals surface area contributed by atoms with E-state index in [2.05, 4.69) is 0 Å². The third kappa shape index (κ3) is 5.54. The van der Waals surface area contributed by atoms with Crippen molar-refractivity contribution in [2.24, 2.45) is 0 Å². The maximum Gasteiger partial charge on any atom is 0.262 e. The van der Waals surface area contributed by atoms with Gasteiger partial charge in [-0.1, -0.05) is 26.2 Å². The minimum Gasteiger partial charge on any atom is -0.286 e. The molecule has 0 aliphatic rings. The third-order valence-electron chi connectivity index (χ3n) is 2.92. The average Bonchev–Trinajstić information content (AvgIpc) is 1.72. The largest absolute Gasteiger partial charge is 0.286 e. The Morgan fingerprint density at radius 3 is 1.06 bits per heavy atom. The highest BCUT2D eigenvalue weighted by molar-refractivity contribution is 7.91. The van der Waals surface area contributed by atoms with Crippen molar-refractivity contribution in [3.8, 4) is 0 Å².